The molecular weight excluding hydrogens is 255 g/mol. The van der Waals surface area contributed by atoms with Gasteiger partial charge in [-0.1, -0.05) is 41.8 Å². The van der Waals surface area contributed by atoms with Crippen LogP contribution in [0.25, 0.3) is 11.1 Å². The van der Waals surface area contributed by atoms with Crippen LogP contribution in [0.2, 0.25) is 0 Å². The monoisotopic (exact) mass is 273 g/mol. The first kappa shape index (κ1) is 13.8. The zero-order valence-corrected chi connectivity index (χ0v) is 12.1. The van der Waals surface area contributed by atoms with E-state index in [1.54, 1.807) is 12.1 Å². The topological polar surface area (TPSA) is 37.3 Å². The molecule has 0 aliphatic carbocycles. The highest BCUT2D eigenvalue weighted by Crippen LogP contribution is 2.36. The quantitative estimate of drug-likeness (QED) is 0.843. The molecule has 19 heavy (non-hydrogen) atoms. The van der Waals surface area contributed by atoms with E-state index in [0.29, 0.717) is 0 Å². The molecule has 2 aromatic rings. The molecule has 0 radical (unpaired) electrons. The summed E-state index contributed by atoms with van der Waals surface area (Å²) in [7, 11) is -1.45. The summed E-state index contributed by atoms with van der Waals surface area (Å²) >= 11 is 0. The second-order valence-electron chi connectivity index (χ2n) is 4.62. The second-order valence-corrected chi connectivity index (χ2v) is 6.63. The van der Waals surface area contributed by atoms with Gasteiger partial charge >= 0.3 is 7.80 Å². The Bertz CT molecular complexity index is 593. The molecule has 0 bridgehead atoms. The maximum atomic E-state index is 12.5. The molecule has 0 heterocycles. The molecule has 1 N–H and O–H groups in total. The van der Waals surface area contributed by atoms with Crippen LogP contribution in [0.5, 0.6) is 5.75 Å². The first-order valence-electron chi connectivity index (χ1n) is 6.49. The zero-order valence-electron chi connectivity index (χ0n) is 11.2. The predicted molar refractivity (Wildman–Crippen MR) is 80.5 cm³/mol. The summed E-state index contributed by atoms with van der Waals surface area (Å²) in [6.45, 7) is 4.04. The Balaban J connectivity index is 2.54. The molecule has 2 unspecified atom stereocenters. The number of hydrogen-bond acceptors (Lipinski definition) is 2. The van der Waals surface area contributed by atoms with Crippen LogP contribution in [-0.2, 0) is 4.57 Å². The molecule has 98 valence electrons. The van der Waals surface area contributed by atoms with Crippen LogP contribution in [0.4, 0.5) is 0 Å². The van der Waals surface area contributed by atoms with E-state index in [1.807, 2.05) is 50.2 Å². The Kier molecular flexibility index (Phi) is 4.34. The lowest BCUT2D eigenvalue weighted by atomic mass is 10.0. The Morgan fingerprint density at radius 1 is 1.05 bits per heavy atom. The fraction of sp³-hybridized carbons (Fsp3) is 0.250. The van der Waals surface area contributed by atoms with Crippen LogP contribution in [0.1, 0.15) is 20.3 Å². The third-order valence-electron chi connectivity index (χ3n) is 3.33. The highest BCUT2D eigenvalue weighted by molar-refractivity contribution is 7.54. The Labute approximate surface area is 114 Å². The van der Waals surface area contributed by atoms with Crippen molar-refractivity contribution in [2.75, 3.05) is 0 Å². The van der Waals surface area contributed by atoms with E-state index in [9.17, 15) is 9.67 Å². The maximum Gasteiger partial charge on any atom is 0.380 e. The Hall–Kier alpha value is -1.66. The van der Waals surface area contributed by atoms with Gasteiger partial charge in [-0.25, -0.2) is 0 Å². The summed E-state index contributed by atoms with van der Waals surface area (Å²) in [4.78, 5) is 0. The van der Waals surface area contributed by atoms with Crippen molar-refractivity contribution in [3.05, 3.63) is 48.5 Å². The van der Waals surface area contributed by atoms with Crippen molar-refractivity contribution in [2.45, 2.75) is 25.9 Å². The van der Waals surface area contributed by atoms with Gasteiger partial charge in [0.15, 0.2) is 11.0 Å². The summed E-state index contributed by atoms with van der Waals surface area (Å²) < 4.78 is 12.5. The molecule has 0 saturated carbocycles. The van der Waals surface area contributed by atoms with Crippen molar-refractivity contribution in [3.8, 4) is 16.9 Å². The van der Waals surface area contributed by atoms with Gasteiger partial charge < -0.3 is 5.11 Å². The number of hydrogen-bond donors (Lipinski definition) is 1. The van der Waals surface area contributed by atoms with Crippen molar-refractivity contribution in [1.82, 2.24) is 0 Å². The van der Waals surface area contributed by atoms with Crippen molar-refractivity contribution in [2.24, 2.45) is 0 Å². The van der Waals surface area contributed by atoms with E-state index in [-0.39, 0.29) is 11.4 Å². The molecular formula is C16H18O2P+. The average Bonchev–Trinajstić information content (AvgIpc) is 2.46. The van der Waals surface area contributed by atoms with E-state index < -0.39 is 7.80 Å². The first-order valence-corrected chi connectivity index (χ1v) is 7.81. The fourth-order valence-electron chi connectivity index (χ4n) is 2.00. The number of phenolic OH excluding ortho intramolecular Hbond substituents is 1. The minimum atomic E-state index is -1.45. The normalized spacial score (nSPS) is 13.1. The lowest BCUT2D eigenvalue weighted by Crippen LogP contribution is -2.08. The zero-order chi connectivity index (χ0) is 13.8. The molecule has 0 aromatic heterocycles. The van der Waals surface area contributed by atoms with Gasteiger partial charge in [0, 0.05) is 11.1 Å². The van der Waals surface area contributed by atoms with Crippen LogP contribution in [0.3, 0.4) is 0 Å². The van der Waals surface area contributed by atoms with Gasteiger partial charge in [0.25, 0.3) is 0 Å². The van der Waals surface area contributed by atoms with E-state index >= 15 is 0 Å². The molecule has 2 atom stereocenters. The van der Waals surface area contributed by atoms with Crippen LogP contribution >= 0.6 is 7.80 Å². The van der Waals surface area contributed by atoms with Gasteiger partial charge in [-0.2, -0.15) is 0 Å². The molecule has 2 aromatic carbocycles. The second kappa shape index (κ2) is 5.99. The predicted octanol–water partition coefficient (Wildman–Crippen LogP) is 4.31. The molecule has 2 rings (SSSR count). The fourth-order valence-corrected chi connectivity index (χ4v) is 3.47. The molecule has 0 aliphatic rings. The van der Waals surface area contributed by atoms with Gasteiger partial charge in [0.05, 0.1) is 0 Å². The first-order chi connectivity index (χ1) is 9.15. The van der Waals surface area contributed by atoms with E-state index in [1.165, 1.54) is 0 Å². The summed E-state index contributed by atoms with van der Waals surface area (Å²) in [6.07, 6.45) is 0.879. The van der Waals surface area contributed by atoms with Crippen molar-refractivity contribution in [1.29, 1.82) is 0 Å². The van der Waals surface area contributed by atoms with Crippen molar-refractivity contribution < 1.29 is 9.67 Å². The summed E-state index contributed by atoms with van der Waals surface area (Å²) in [6, 6.07) is 14.8. The molecule has 0 fully saturated rings. The summed E-state index contributed by atoms with van der Waals surface area (Å²) in [5.74, 6) is 0.225. The maximum absolute atomic E-state index is 12.5. The van der Waals surface area contributed by atoms with E-state index in [4.69, 9.17) is 0 Å². The smallest absolute Gasteiger partial charge is 0.380 e. The van der Waals surface area contributed by atoms with E-state index in [0.717, 1.165) is 22.9 Å². The summed E-state index contributed by atoms with van der Waals surface area (Å²) in [5.41, 5.74) is 1.74. The van der Waals surface area contributed by atoms with Gasteiger partial charge in [-0.3, -0.25) is 0 Å². The number of para-hydroxylation sites is 1. The average molecular weight is 273 g/mol. The lowest BCUT2D eigenvalue weighted by molar-refractivity contribution is 0.477. The SMILES string of the molecule is CCC(C)[P+](=O)c1ccccc1-c1ccccc1O. The summed E-state index contributed by atoms with van der Waals surface area (Å²) in [5, 5.41) is 10.8. The van der Waals surface area contributed by atoms with Gasteiger partial charge in [-0.15, -0.1) is 0 Å². The molecule has 0 saturated heterocycles. The van der Waals surface area contributed by atoms with Gasteiger partial charge in [0.1, 0.15) is 5.75 Å². The Morgan fingerprint density at radius 3 is 2.26 bits per heavy atom. The standard InChI is InChI=1S/C16H17O2P/c1-3-12(2)19(18)16-11-7-5-9-14(16)13-8-4-6-10-15(13)17/h4-12H,3H2,1-2H3/p+1. The number of aromatic hydroxyl groups is 1. The number of phenols is 1. The van der Waals surface area contributed by atoms with E-state index in [2.05, 4.69) is 0 Å². The third kappa shape index (κ3) is 2.85. The molecule has 0 spiro atoms. The molecule has 2 nitrogen and oxygen atoms in total. The lowest BCUT2D eigenvalue weighted by Gasteiger charge is -2.06. The minimum Gasteiger partial charge on any atom is -0.507 e. The number of benzene rings is 2. The third-order valence-corrected chi connectivity index (χ3v) is 5.36. The van der Waals surface area contributed by atoms with Gasteiger partial charge in [0.2, 0.25) is 0 Å². The highest BCUT2D eigenvalue weighted by atomic mass is 31.1. The van der Waals surface area contributed by atoms with Crippen LogP contribution in [0.15, 0.2) is 48.5 Å². The van der Waals surface area contributed by atoms with Crippen LogP contribution in [-0.4, -0.2) is 10.8 Å². The molecule has 0 amide bonds. The largest absolute Gasteiger partial charge is 0.507 e. The van der Waals surface area contributed by atoms with Crippen molar-refractivity contribution in [3.63, 3.8) is 0 Å². The van der Waals surface area contributed by atoms with Crippen LogP contribution < -0.4 is 5.30 Å². The minimum absolute atomic E-state index is 0.141. The molecule has 0 aliphatic heterocycles. The van der Waals surface area contributed by atoms with Gasteiger partial charge in [-0.05, 0) is 31.5 Å². The highest BCUT2D eigenvalue weighted by Gasteiger charge is 2.30. The number of rotatable bonds is 4. The molecule has 3 heteroatoms. The Morgan fingerprint density at radius 2 is 1.63 bits per heavy atom. The van der Waals surface area contributed by atoms with Crippen LogP contribution in [0, 0.1) is 0 Å². The van der Waals surface area contributed by atoms with Crippen molar-refractivity contribution >= 4 is 13.1 Å².